The van der Waals surface area contributed by atoms with Crippen molar-refractivity contribution in [2.24, 2.45) is 0 Å². The van der Waals surface area contributed by atoms with Gasteiger partial charge in [0.2, 0.25) is 0 Å². The monoisotopic (exact) mass is 336 g/mol. The van der Waals surface area contributed by atoms with Crippen molar-refractivity contribution in [3.63, 3.8) is 0 Å². The van der Waals surface area contributed by atoms with Crippen LogP contribution in [0.4, 0.5) is 0 Å². The molecule has 0 aromatic heterocycles. The molecule has 2 saturated heterocycles. The average molecular weight is 336 g/mol. The van der Waals surface area contributed by atoms with Crippen LogP contribution < -0.4 is 0 Å². The third-order valence-electron chi connectivity index (χ3n) is 4.83. The smallest absolute Gasteiger partial charge is 0.111 e. The van der Waals surface area contributed by atoms with Crippen LogP contribution in [0.1, 0.15) is 26.2 Å². The fourth-order valence-electron chi connectivity index (χ4n) is 3.37. The summed E-state index contributed by atoms with van der Waals surface area (Å²) >= 11 is 0. The summed E-state index contributed by atoms with van der Waals surface area (Å²) in [5.74, 6) is 0. The lowest BCUT2D eigenvalue weighted by atomic mass is 9.88. The standard InChI is InChI=1S/C15H28O8/c1-3-8-7(17)4-9(21-2)10(22-8)5-11-13(18)15(20)14(19)12(6-16)23-11/h7-20H,3-6H2,1-2H3. The molecule has 136 valence electrons. The van der Waals surface area contributed by atoms with Crippen molar-refractivity contribution in [2.75, 3.05) is 13.7 Å². The van der Waals surface area contributed by atoms with Gasteiger partial charge in [-0.25, -0.2) is 0 Å². The minimum absolute atomic E-state index is 0.225. The van der Waals surface area contributed by atoms with Crippen LogP contribution in [0.5, 0.6) is 0 Å². The molecule has 0 amide bonds. The Kier molecular flexibility index (Phi) is 6.76. The lowest BCUT2D eigenvalue weighted by molar-refractivity contribution is -0.247. The van der Waals surface area contributed by atoms with Gasteiger partial charge in [-0.3, -0.25) is 0 Å². The van der Waals surface area contributed by atoms with Gasteiger partial charge >= 0.3 is 0 Å². The number of methoxy groups -OCH3 is 1. The van der Waals surface area contributed by atoms with Crippen LogP contribution in [0.25, 0.3) is 0 Å². The van der Waals surface area contributed by atoms with Crippen LogP contribution in [0.3, 0.4) is 0 Å². The predicted octanol–water partition coefficient (Wildman–Crippen LogP) is -1.84. The number of ether oxygens (including phenoxy) is 3. The van der Waals surface area contributed by atoms with Gasteiger partial charge in [0, 0.05) is 20.0 Å². The number of aliphatic hydroxyl groups excluding tert-OH is 5. The summed E-state index contributed by atoms with van der Waals surface area (Å²) in [6, 6.07) is 0. The Morgan fingerprint density at radius 1 is 0.913 bits per heavy atom. The van der Waals surface area contributed by atoms with E-state index in [1.54, 1.807) is 0 Å². The molecule has 2 fully saturated rings. The first-order valence-corrected chi connectivity index (χ1v) is 8.09. The lowest BCUT2D eigenvalue weighted by Gasteiger charge is -2.44. The largest absolute Gasteiger partial charge is 0.394 e. The van der Waals surface area contributed by atoms with Gasteiger partial charge in [0.25, 0.3) is 0 Å². The topological polar surface area (TPSA) is 129 Å². The second kappa shape index (κ2) is 8.17. The molecule has 9 unspecified atom stereocenters. The summed E-state index contributed by atoms with van der Waals surface area (Å²) < 4.78 is 16.7. The molecule has 2 aliphatic heterocycles. The van der Waals surface area contributed by atoms with E-state index in [4.69, 9.17) is 14.2 Å². The van der Waals surface area contributed by atoms with E-state index in [1.165, 1.54) is 7.11 Å². The molecular formula is C15H28O8. The first kappa shape index (κ1) is 19.0. The fourth-order valence-corrected chi connectivity index (χ4v) is 3.37. The number of hydrogen-bond acceptors (Lipinski definition) is 8. The van der Waals surface area contributed by atoms with E-state index in [9.17, 15) is 25.5 Å². The Morgan fingerprint density at radius 3 is 2.09 bits per heavy atom. The molecule has 9 atom stereocenters. The molecule has 23 heavy (non-hydrogen) atoms. The minimum Gasteiger partial charge on any atom is -0.394 e. The van der Waals surface area contributed by atoms with Crippen molar-refractivity contribution in [3.8, 4) is 0 Å². The van der Waals surface area contributed by atoms with E-state index in [1.807, 2.05) is 6.92 Å². The molecule has 8 heteroatoms. The maximum Gasteiger partial charge on any atom is 0.111 e. The number of rotatable bonds is 5. The van der Waals surface area contributed by atoms with Crippen LogP contribution in [0.2, 0.25) is 0 Å². The maximum atomic E-state index is 10.1. The summed E-state index contributed by atoms with van der Waals surface area (Å²) in [4.78, 5) is 0. The predicted molar refractivity (Wildman–Crippen MR) is 78.8 cm³/mol. The molecule has 0 radical (unpaired) electrons. The van der Waals surface area contributed by atoms with Gasteiger partial charge in [-0.2, -0.15) is 0 Å². The highest BCUT2D eigenvalue weighted by molar-refractivity contribution is 4.95. The Balaban J connectivity index is 2.06. The van der Waals surface area contributed by atoms with Crippen LogP contribution in [0, 0.1) is 0 Å². The molecule has 5 N–H and O–H groups in total. The van der Waals surface area contributed by atoms with E-state index < -0.39 is 49.3 Å². The molecule has 0 aliphatic carbocycles. The van der Waals surface area contributed by atoms with Crippen LogP contribution >= 0.6 is 0 Å². The Bertz CT molecular complexity index is 359. The summed E-state index contributed by atoms with van der Waals surface area (Å²) in [7, 11) is 1.52. The van der Waals surface area contributed by atoms with Crippen molar-refractivity contribution in [1.29, 1.82) is 0 Å². The number of hydrogen-bond donors (Lipinski definition) is 5. The maximum absolute atomic E-state index is 10.1. The molecule has 2 heterocycles. The molecule has 0 bridgehead atoms. The minimum atomic E-state index is -1.40. The second-order valence-electron chi connectivity index (χ2n) is 6.30. The van der Waals surface area contributed by atoms with E-state index in [-0.39, 0.29) is 18.6 Å². The van der Waals surface area contributed by atoms with Gasteiger partial charge in [-0.15, -0.1) is 0 Å². The number of aliphatic hydroxyl groups is 5. The van der Waals surface area contributed by atoms with Gasteiger partial charge in [0.05, 0.1) is 37.1 Å². The van der Waals surface area contributed by atoms with Crippen molar-refractivity contribution in [3.05, 3.63) is 0 Å². The highest BCUT2D eigenvalue weighted by atomic mass is 16.6. The Morgan fingerprint density at radius 2 is 1.52 bits per heavy atom. The van der Waals surface area contributed by atoms with E-state index >= 15 is 0 Å². The van der Waals surface area contributed by atoms with Gasteiger partial charge in [-0.1, -0.05) is 6.92 Å². The van der Waals surface area contributed by atoms with Crippen molar-refractivity contribution in [2.45, 2.75) is 81.1 Å². The molecule has 8 nitrogen and oxygen atoms in total. The first-order valence-electron chi connectivity index (χ1n) is 8.09. The van der Waals surface area contributed by atoms with E-state index in [2.05, 4.69) is 0 Å². The Labute approximate surface area is 135 Å². The van der Waals surface area contributed by atoms with E-state index in [0.717, 1.165) is 0 Å². The van der Waals surface area contributed by atoms with Crippen molar-refractivity contribution >= 4 is 0 Å². The molecule has 0 spiro atoms. The molecular weight excluding hydrogens is 308 g/mol. The van der Waals surface area contributed by atoms with Crippen molar-refractivity contribution < 1.29 is 39.7 Å². The highest BCUT2D eigenvalue weighted by Gasteiger charge is 2.46. The molecule has 0 aromatic rings. The SMILES string of the molecule is CCC1OC(CC2OC(CO)C(O)C(O)C2O)C(OC)CC1O. The van der Waals surface area contributed by atoms with Crippen LogP contribution in [-0.2, 0) is 14.2 Å². The fraction of sp³-hybridized carbons (Fsp3) is 1.00. The normalized spacial score (nSPS) is 48.4. The van der Waals surface area contributed by atoms with Gasteiger partial charge in [-0.05, 0) is 6.42 Å². The lowest BCUT2D eigenvalue weighted by Crippen LogP contribution is -2.60. The zero-order valence-corrected chi connectivity index (χ0v) is 13.5. The van der Waals surface area contributed by atoms with Crippen molar-refractivity contribution in [1.82, 2.24) is 0 Å². The molecule has 0 saturated carbocycles. The van der Waals surface area contributed by atoms with Crippen LogP contribution in [0.15, 0.2) is 0 Å². The molecule has 2 rings (SSSR count). The molecule has 2 aliphatic rings. The highest BCUT2D eigenvalue weighted by Crippen LogP contribution is 2.31. The first-order chi connectivity index (χ1) is 10.9. The molecule has 0 aromatic carbocycles. The quantitative estimate of drug-likeness (QED) is 0.396. The van der Waals surface area contributed by atoms with Gasteiger partial charge < -0.3 is 39.7 Å². The van der Waals surface area contributed by atoms with E-state index in [0.29, 0.717) is 12.8 Å². The average Bonchev–Trinajstić information content (AvgIpc) is 2.56. The zero-order chi connectivity index (χ0) is 17.1. The van der Waals surface area contributed by atoms with Gasteiger partial charge in [0.15, 0.2) is 0 Å². The Hall–Kier alpha value is -0.320. The summed E-state index contributed by atoms with van der Waals surface area (Å²) in [6.45, 7) is 1.45. The third kappa shape index (κ3) is 4.02. The summed E-state index contributed by atoms with van der Waals surface area (Å²) in [6.07, 6.45) is -6.24. The zero-order valence-electron chi connectivity index (χ0n) is 13.5. The van der Waals surface area contributed by atoms with Gasteiger partial charge in [0.1, 0.15) is 24.4 Å². The second-order valence-corrected chi connectivity index (χ2v) is 6.30. The summed E-state index contributed by atoms with van der Waals surface area (Å²) in [5.41, 5.74) is 0. The third-order valence-corrected chi connectivity index (χ3v) is 4.83. The van der Waals surface area contributed by atoms with Crippen LogP contribution in [-0.4, -0.2) is 94.2 Å². The summed E-state index contributed by atoms with van der Waals surface area (Å²) in [5, 5.41) is 49.0.